The van der Waals surface area contributed by atoms with Crippen LogP contribution in [0.3, 0.4) is 0 Å². The second-order valence-corrected chi connectivity index (χ2v) is 6.36. The van der Waals surface area contributed by atoms with Crippen LogP contribution in [-0.2, 0) is 17.8 Å². The normalized spacial score (nSPS) is 15.2. The van der Waals surface area contributed by atoms with E-state index in [-0.39, 0.29) is 11.9 Å². The number of hydrogen-bond donors (Lipinski definition) is 2. The zero-order valence-electron chi connectivity index (χ0n) is 14.5. The number of nitrogens with two attached hydrogens (primary N) is 1. The van der Waals surface area contributed by atoms with Gasteiger partial charge in [-0.05, 0) is 24.5 Å². The molecule has 4 rings (SSSR count). The molecule has 3 heterocycles. The minimum atomic E-state index is -0.000666. The average Bonchev–Trinajstić information content (AvgIpc) is 2.91. The molecule has 0 unspecified atom stereocenters. The number of amides is 1. The summed E-state index contributed by atoms with van der Waals surface area (Å²) >= 11 is 0. The molecular weight excluding hydrogens is 332 g/mol. The van der Waals surface area contributed by atoms with Gasteiger partial charge in [-0.2, -0.15) is 9.97 Å². The van der Waals surface area contributed by atoms with Crippen molar-refractivity contribution in [2.24, 2.45) is 0 Å². The quantitative estimate of drug-likeness (QED) is 0.629. The van der Waals surface area contributed by atoms with E-state index in [1.54, 1.807) is 0 Å². The Morgan fingerprint density at radius 2 is 2.08 bits per heavy atom. The molecule has 0 radical (unpaired) electrons. The Kier molecular flexibility index (Phi) is 4.16. The lowest BCUT2D eigenvalue weighted by atomic mass is 10.1. The molecule has 0 spiro atoms. The summed E-state index contributed by atoms with van der Waals surface area (Å²) in [6.45, 7) is 3.42. The van der Waals surface area contributed by atoms with Gasteiger partial charge in [0.1, 0.15) is 5.82 Å². The van der Waals surface area contributed by atoms with Gasteiger partial charge in [0.25, 0.3) is 0 Å². The Morgan fingerprint density at radius 3 is 2.96 bits per heavy atom. The molecule has 8 heteroatoms. The Bertz CT molecular complexity index is 981. The lowest BCUT2D eigenvalue weighted by Crippen LogP contribution is -2.27. The number of carbonyl (C=O) groups excluding carboxylic acids is 1. The van der Waals surface area contributed by atoms with E-state index >= 15 is 0 Å². The first-order valence-electron chi connectivity index (χ1n) is 8.58. The third kappa shape index (κ3) is 3.17. The van der Waals surface area contributed by atoms with Crippen LogP contribution < -0.4 is 15.8 Å². The Morgan fingerprint density at radius 1 is 1.23 bits per heavy atom. The standard InChI is InChI=1S/C18H20N6O2/c1-11-21-15-16(19)22-18-23-17(15)24(11)10-13-5-2-4-12(8-13)9-14(25)20-6-3-7-26-18/h2,4-5,8H,3,6-7,9-10H2,1H3,(H,20,25)(H2,19,22,23). The third-order valence-corrected chi connectivity index (χ3v) is 4.36. The first-order chi connectivity index (χ1) is 12.6. The molecule has 3 aromatic rings. The van der Waals surface area contributed by atoms with Crippen LogP contribution in [0.25, 0.3) is 11.2 Å². The molecule has 3 N–H and O–H groups in total. The van der Waals surface area contributed by atoms with E-state index in [0.29, 0.717) is 49.5 Å². The smallest absolute Gasteiger partial charge is 0.320 e. The topological polar surface area (TPSA) is 108 Å². The summed E-state index contributed by atoms with van der Waals surface area (Å²) in [4.78, 5) is 25.3. The lowest BCUT2D eigenvalue weighted by molar-refractivity contribution is -0.120. The van der Waals surface area contributed by atoms with Crippen LogP contribution in [0, 0.1) is 6.92 Å². The highest BCUT2D eigenvalue weighted by Gasteiger charge is 2.16. The summed E-state index contributed by atoms with van der Waals surface area (Å²) in [6, 6.07) is 8.20. The van der Waals surface area contributed by atoms with Gasteiger partial charge < -0.3 is 20.4 Å². The van der Waals surface area contributed by atoms with Gasteiger partial charge in [-0.25, -0.2) is 4.98 Å². The number of carbonyl (C=O) groups is 1. The van der Waals surface area contributed by atoms with Gasteiger partial charge in [0.2, 0.25) is 5.91 Å². The SMILES string of the molecule is Cc1nc2c(N)nc3nc2n1Cc1cccc(c1)CC(=O)NCCCO3. The third-order valence-electron chi connectivity index (χ3n) is 4.36. The highest BCUT2D eigenvalue weighted by molar-refractivity contribution is 5.82. The maximum Gasteiger partial charge on any atom is 0.320 e. The number of rotatable bonds is 0. The number of imidazole rings is 1. The summed E-state index contributed by atoms with van der Waals surface area (Å²) in [7, 11) is 0. The molecule has 1 amide bonds. The van der Waals surface area contributed by atoms with Gasteiger partial charge in [0.05, 0.1) is 19.6 Å². The molecular formula is C18H20N6O2. The van der Waals surface area contributed by atoms with Crippen molar-refractivity contribution in [2.45, 2.75) is 26.3 Å². The van der Waals surface area contributed by atoms with Crippen molar-refractivity contribution in [2.75, 3.05) is 18.9 Å². The van der Waals surface area contributed by atoms with Crippen molar-refractivity contribution in [3.8, 4) is 6.01 Å². The number of aromatic nitrogens is 4. The average molecular weight is 352 g/mol. The fraction of sp³-hybridized carbons (Fsp3) is 0.333. The van der Waals surface area contributed by atoms with E-state index < -0.39 is 0 Å². The van der Waals surface area contributed by atoms with E-state index in [1.165, 1.54) is 0 Å². The summed E-state index contributed by atoms with van der Waals surface area (Å²) in [5, 5.41) is 2.90. The molecule has 26 heavy (non-hydrogen) atoms. The molecule has 0 aliphatic carbocycles. The molecule has 1 aliphatic rings. The predicted octanol–water partition coefficient (Wildman–Crippen LogP) is 1.21. The molecule has 0 saturated carbocycles. The number of nitrogen functional groups attached to an aromatic ring is 1. The van der Waals surface area contributed by atoms with Crippen LogP contribution in [0.4, 0.5) is 5.82 Å². The fourth-order valence-electron chi connectivity index (χ4n) is 3.10. The number of ether oxygens (including phenoxy) is 1. The molecule has 0 saturated heterocycles. The van der Waals surface area contributed by atoms with Gasteiger partial charge in [0, 0.05) is 6.54 Å². The van der Waals surface area contributed by atoms with Crippen LogP contribution in [0.1, 0.15) is 23.4 Å². The number of aryl methyl sites for hydroxylation is 1. The van der Waals surface area contributed by atoms with Crippen molar-refractivity contribution < 1.29 is 9.53 Å². The van der Waals surface area contributed by atoms with Gasteiger partial charge in [-0.3, -0.25) is 4.79 Å². The Balaban J connectivity index is 1.81. The molecule has 1 aromatic carbocycles. The number of anilines is 1. The highest BCUT2D eigenvalue weighted by atomic mass is 16.5. The van der Waals surface area contributed by atoms with E-state index in [0.717, 1.165) is 17.0 Å². The van der Waals surface area contributed by atoms with Crippen LogP contribution in [0.5, 0.6) is 6.01 Å². The lowest BCUT2D eigenvalue weighted by Gasteiger charge is -2.09. The zero-order valence-corrected chi connectivity index (χ0v) is 14.5. The largest absolute Gasteiger partial charge is 0.463 e. The minimum Gasteiger partial charge on any atom is -0.463 e. The minimum absolute atomic E-state index is 0.000666. The second kappa shape index (κ2) is 6.62. The summed E-state index contributed by atoms with van der Waals surface area (Å²) in [5.41, 5.74) is 9.32. The Hall–Kier alpha value is -3.16. The van der Waals surface area contributed by atoms with E-state index in [4.69, 9.17) is 10.5 Å². The number of hydrogen-bond acceptors (Lipinski definition) is 6. The molecule has 8 nitrogen and oxygen atoms in total. The molecule has 1 aliphatic heterocycles. The van der Waals surface area contributed by atoms with Crippen LogP contribution in [0.2, 0.25) is 0 Å². The zero-order chi connectivity index (χ0) is 18.1. The van der Waals surface area contributed by atoms with Crippen molar-refractivity contribution in [1.82, 2.24) is 24.8 Å². The van der Waals surface area contributed by atoms with Crippen molar-refractivity contribution in [3.63, 3.8) is 0 Å². The maximum absolute atomic E-state index is 12.1. The van der Waals surface area contributed by atoms with Crippen molar-refractivity contribution >= 4 is 22.9 Å². The van der Waals surface area contributed by atoms with Crippen LogP contribution >= 0.6 is 0 Å². The first-order valence-corrected chi connectivity index (χ1v) is 8.58. The van der Waals surface area contributed by atoms with E-state index in [1.807, 2.05) is 35.8 Å². The van der Waals surface area contributed by atoms with Crippen LogP contribution in [0.15, 0.2) is 24.3 Å². The first kappa shape index (κ1) is 16.3. The van der Waals surface area contributed by atoms with Crippen LogP contribution in [-0.4, -0.2) is 38.6 Å². The molecule has 4 bridgehead atoms. The number of fused-ring (bicyclic) bond motifs is 3. The number of nitrogens with zero attached hydrogens (tertiary/aromatic N) is 4. The van der Waals surface area contributed by atoms with E-state index in [9.17, 15) is 4.79 Å². The monoisotopic (exact) mass is 352 g/mol. The second-order valence-electron chi connectivity index (χ2n) is 6.36. The number of nitrogens with one attached hydrogen (secondary N) is 1. The van der Waals surface area contributed by atoms with Gasteiger partial charge >= 0.3 is 6.01 Å². The highest BCUT2D eigenvalue weighted by Crippen LogP contribution is 2.23. The van der Waals surface area contributed by atoms with Crippen molar-refractivity contribution in [3.05, 3.63) is 41.2 Å². The van der Waals surface area contributed by atoms with Gasteiger partial charge in [-0.15, -0.1) is 0 Å². The summed E-state index contributed by atoms with van der Waals surface area (Å²) in [5.74, 6) is 1.10. The van der Waals surface area contributed by atoms with Gasteiger partial charge in [0.15, 0.2) is 17.0 Å². The molecule has 2 aromatic heterocycles. The molecule has 0 fully saturated rings. The van der Waals surface area contributed by atoms with Gasteiger partial charge in [-0.1, -0.05) is 24.3 Å². The van der Waals surface area contributed by atoms with E-state index in [2.05, 4.69) is 20.3 Å². The predicted molar refractivity (Wildman–Crippen MR) is 96.8 cm³/mol. The molecule has 134 valence electrons. The number of benzene rings is 1. The summed E-state index contributed by atoms with van der Waals surface area (Å²) in [6.07, 6.45) is 1.01. The van der Waals surface area contributed by atoms with Crippen molar-refractivity contribution in [1.29, 1.82) is 0 Å². The molecule has 0 atom stereocenters. The summed E-state index contributed by atoms with van der Waals surface area (Å²) < 4.78 is 7.61. The Labute approximate surface area is 150 Å². The maximum atomic E-state index is 12.1. The fourth-order valence-corrected chi connectivity index (χ4v) is 3.10.